The third-order valence-electron chi connectivity index (χ3n) is 2.19. The third-order valence-corrected chi connectivity index (χ3v) is 2.19. The number of pyridine rings is 1. The SMILES string of the molecule is Cc1nc(CCNCc2cncc(F)c2)no1. The van der Waals surface area contributed by atoms with E-state index < -0.39 is 0 Å². The summed E-state index contributed by atoms with van der Waals surface area (Å²) in [4.78, 5) is 7.85. The van der Waals surface area contributed by atoms with Crippen molar-refractivity contribution in [1.82, 2.24) is 20.4 Å². The first-order valence-electron chi connectivity index (χ1n) is 5.33. The van der Waals surface area contributed by atoms with Gasteiger partial charge in [-0.1, -0.05) is 5.16 Å². The summed E-state index contributed by atoms with van der Waals surface area (Å²) in [7, 11) is 0. The highest BCUT2D eigenvalue weighted by Crippen LogP contribution is 2.00. The first kappa shape index (κ1) is 11.7. The lowest BCUT2D eigenvalue weighted by atomic mass is 10.3. The predicted molar refractivity (Wildman–Crippen MR) is 58.6 cm³/mol. The van der Waals surface area contributed by atoms with E-state index in [2.05, 4.69) is 20.4 Å². The van der Waals surface area contributed by atoms with Crippen LogP contribution in [0.3, 0.4) is 0 Å². The lowest BCUT2D eigenvalue weighted by Gasteiger charge is -2.02. The van der Waals surface area contributed by atoms with Gasteiger partial charge in [0, 0.05) is 32.6 Å². The number of rotatable bonds is 5. The van der Waals surface area contributed by atoms with E-state index in [9.17, 15) is 4.39 Å². The van der Waals surface area contributed by atoms with Crippen molar-refractivity contribution in [1.29, 1.82) is 0 Å². The van der Waals surface area contributed by atoms with E-state index in [1.165, 1.54) is 12.3 Å². The second-order valence-electron chi connectivity index (χ2n) is 3.67. The molecule has 2 heterocycles. The van der Waals surface area contributed by atoms with Crippen LogP contribution < -0.4 is 5.32 Å². The highest BCUT2D eigenvalue weighted by Gasteiger charge is 2.01. The van der Waals surface area contributed by atoms with Crippen LogP contribution in [0.15, 0.2) is 23.0 Å². The number of nitrogens with one attached hydrogen (secondary N) is 1. The van der Waals surface area contributed by atoms with Crippen molar-refractivity contribution in [3.63, 3.8) is 0 Å². The molecule has 0 spiro atoms. The van der Waals surface area contributed by atoms with Crippen molar-refractivity contribution in [2.75, 3.05) is 6.54 Å². The second kappa shape index (κ2) is 5.49. The molecule has 0 aromatic carbocycles. The summed E-state index contributed by atoms with van der Waals surface area (Å²) in [5.41, 5.74) is 0.814. The zero-order valence-electron chi connectivity index (χ0n) is 9.48. The molecule has 90 valence electrons. The van der Waals surface area contributed by atoms with E-state index in [1.54, 1.807) is 13.1 Å². The van der Waals surface area contributed by atoms with Gasteiger partial charge in [0.05, 0.1) is 6.20 Å². The smallest absolute Gasteiger partial charge is 0.223 e. The summed E-state index contributed by atoms with van der Waals surface area (Å²) in [6.07, 6.45) is 3.50. The van der Waals surface area contributed by atoms with Crippen LogP contribution in [0.4, 0.5) is 4.39 Å². The quantitative estimate of drug-likeness (QED) is 0.791. The fourth-order valence-electron chi connectivity index (χ4n) is 1.43. The molecule has 0 saturated carbocycles. The fourth-order valence-corrected chi connectivity index (χ4v) is 1.43. The molecule has 2 aromatic rings. The van der Waals surface area contributed by atoms with Gasteiger partial charge in [-0.3, -0.25) is 4.98 Å². The standard InChI is InChI=1S/C11H13FN4O/c1-8-15-11(16-17-8)2-3-13-5-9-4-10(12)7-14-6-9/h4,6-7,13H,2-3,5H2,1H3. The minimum atomic E-state index is -0.321. The molecule has 2 aromatic heterocycles. The van der Waals surface area contributed by atoms with Crippen LogP contribution in [0, 0.1) is 12.7 Å². The number of aromatic nitrogens is 3. The maximum absolute atomic E-state index is 12.8. The van der Waals surface area contributed by atoms with Gasteiger partial charge in [0.2, 0.25) is 5.89 Å². The number of hydrogen-bond acceptors (Lipinski definition) is 5. The molecule has 1 N–H and O–H groups in total. The van der Waals surface area contributed by atoms with Crippen LogP contribution in [0.1, 0.15) is 17.3 Å². The molecular formula is C11H13FN4O. The van der Waals surface area contributed by atoms with Crippen LogP contribution in [0.5, 0.6) is 0 Å². The summed E-state index contributed by atoms with van der Waals surface area (Å²) in [5, 5.41) is 6.93. The Kier molecular flexibility index (Phi) is 3.77. The van der Waals surface area contributed by atoms with Gasteiger partial charge in [-0.2, -0.15) is 4.98 Å². The Morgan fingerprint density at radius 3 is 3.00 bits per heavy atom. The molecule has 0 amide bonds. The molecule has 6 heteroatoms. The lowest BCUT2D eigenvalue weighted by Crippen LogP contribution is -2.17. The predicted octanol–water partition coefficient (Wildman–Crippen LogP) is 1.24. The molecule has 0 fully saturated rings. The average Bonchev–Trinajstić information content (AvgIpc) is 2.71. The van der Waals surface area contributed by atoms with Gasteiger partial charge < -0.3 is 9.84 Å². The Labute approximate surface area is 98.1 Å². The van der Waals surface area contributed by atoms with E-state index in [4.69, 9.17) is 4.52 Å². The molecule has 0 atom stereocenters. The van der Waals surface area contributed by atoms with Crippen LogP contribution in [0.2, 0.25) is 0 Å². The normalized spacial score (nSPS) is 10.7. The highest BCUT2D eigenvalue weighted by molar-refractivity contribution is 5.09. The fraction of sp³-hybridized carbons (Fsp3) is 0.364. The topological polar surface area (TPSA) is 63.8 Å². The molecule has 0 radical (unpaired) electrons. The Balaban J connectivity index is 1.73. The summed E-state index contributed by atoms with van der Waals surface area (Å²) in [5.74, 6) is 0.916. The Hall–Kier alpha value is -1.82. The zero-order chi connectivity index (χ0) is 12.1. The van der Waals surface area contributed by atoms with Gasteiger partial charge in [-0.15, -0.1) is 0 Å². The van der Waals surface area contributed by atoms with Gasteiger partial charge in [0.25, 0.3) is 0 Å². The summed E-state index contributed by atoms with van der Waals surface area (Å²) < 4.78 is 17.7. The number of hydrogen-bond donors (Lipinski definition) is 1. The Bertz CT molecular complexity index is 486. The second-order valence-corrected chi connectivity index (χ2v) is 3.67. The van der Waals surface area contributed by atoms with E-state index in [-0.39, 0.29) is 5.82 Å². The van der Waals surface area contributed by atoms with E-state index in [0.29, 0.717) is 31.2 Å². The number of halogens is 1. The average molecular weight is 236 g/mol. The van der Waals surface area contributed by atoms with Crippen molar-refractivity contribution in [2.45, 2.75) is 19.9 Å². The Morgan fingerprint density at radius 1 is 1.41 bits per heavy atom. The third kappa shape index (κ3) is 3.60. The van der Waals surface area contributed by atoms with Gasteiger partial charge >= 0.3 is 0 Å². The molecule has 17 heavy (non-hydrogen) atoms. The molecular weight excluding hydrogens is 223 g/mol. The molecule has 0 saturated heterocycles. The number of aryl methyl sites for hydroxylation is 1. The van der Waals surface area contributed by atoms with Crippen molar-refractivity contribution in [3.05, 3.63) is 41.6 Å². The zero-order valence-corrected chi connectivity index (χ0v) is 9.48. The molecule has 5 nitrogen and oxygen atoms in total. The molecule has 0 aliphatic carbocycles. The van der Waals surface area contributed by atoms with Crippen molar-refractivity contribution >= 4 is 0 Å². The maximum Gasteiger partial charge on any atom is 0.223 e. The maximum atomic E-state index is 12.8. The van der Waals surface area contributed by atoms with Gasteiger partial charge in [0.15, 0.2) is 5.82 Å². The van der Waals surface area contributed by atoms with Gasteiger partial charge in [-0.05, 0) is 11.6 Å². The summed E-state index contributed by atoms with van der Waals surface area (Å²) in [6, 6.07) is 1.46. The molecule has 0 bridgehead atoms. The van der Waals surface area contributed by atoms with Gasteiger partial charge in [0.1, 0.15) is 5.82 Å². The molecule has 2 rings (SSSR count). The molecule has 0 unspecified atom stereocenters. The van der Waals surface area contributed by atoms with Gasteiger partial charge in [-0.25, -0.2) is 4.39 Å². The van der Waals surface area contributed by atoms with Crippen molar-refractivity contribution < 1.29 is 8.91 Å². The van der Waals surface area contributed by atoms with E-state index in [0.717, 1.165) is 5.56 Å². The summed E-state index contributed by atoms with van der Waals surface area (Å²) in [6.45, 7) is 3.03. The monoisotopic (exact) mass is 236 g/mol. The highest BCUT2D eigenvalue weighted by atomic mass is 19.1. The minimum Gasteiger partial charge on any atom is -0.340 e. The Morgan fingerprint density at radius 2 is 2.29 bits per heavy atom. The minimum absolute atomic E-state index is 0.321. The van der Waals surface area contributed by atoms with E-state index in [1.807, 2.05) is 0 Å². The first-order chi connectivity index (χ1) is 8.24. The number of nitrogens with zero attached hydrogens (tertiary/aromatic N) is 3. The van der Waals surface area contributed by atoms with Crippen LogP contribution >= 0.6 is 0 Å². The summed E-state index contributed by atoms with van der Waals surface area (Å²) >= 11 is 0. The lowest BCUT2D eigenvalue weighted by molar-refractivity contribution is 0.387. The van der Waals surface area contributed by atoms with Crippen LogP contribution in [0.25, 0.3) is 0 Å². The van der Waals surface area contributed by atoms with Crippen molar-refractivity contribution in [2.24, 2.45) is 0 Å². The van der Waals surface area contributed by atoms with E-state index >= 15 is 0 Å². The first-order valence-corrected chi connectivity index (χ1v) is 5.33. The largest absolute Gasteiger partial charge is 0.340 e. The van der Waals surface area contributed by atoms with Crippen LogP contribution in [-0.4, -0.2) is 21.7 Å². The van der Waals surface area contributed by atoms with Crippen LogP contribution in [-0.2, 0) is 13.0 Å². The van der Waals surface area contributed by atoms with Crippen molar-refractivity contribution in [3.8, 4) is 0 Å². The molecule has 0 aliphatic rings. The molecule has 0 aliphatic heterocycles.